The first kappa shape index (κ1) is 27.3. The molecule has 7 N–H and O–H groups in total. The highest BCUT2D eigenvalue weighted by Crippen LogP contribution is 2.12. The van der Waals surface area contributed by atoms with Gasteiger partial charge in [-0.05, 0) is 30.2 Å². The Kier molecular flexibility index (Phi) is 10.7. The number of hydrogen-bond donors (Lipinski definition) is 6. The van der Waals surface area contributed by atoms with Crippen LogP contribution in [-0.2, 0) is 32.0 Å². The number of carbonyl (C=O) groups is 4. The first-order valence-electron chi connectivity index (χ1n) is 11.4. The van der Waals surface area contributed by atoms with Crippen LogP contribution < -0.4 is 27.0 Å². The minimum absolute atomic E-state index is 0.0835. The Labute approximate surface area is 204 Å². The van der Waals surface area contributed by atoms with E-state index in [0.717, 1.165) is 5.56 Å². The first-order chi connectivity index (χ1) is 16.7. The lowest BCUT2D eigenvalue weighted by Gasteiger charge is -2.23. The Morgan fingerprint density at radius 1 is 0.800 bits per heavy atom. The van der Waals surface area contributed by atoms with Crippen LogP contribution in [-0.4, -0.2) is 60.0 Å². The monoisotopic (exact) mass is 483 g/mol. The second-order valence-electron chi connectivity index (χ2n) is 8.18. The number of phenols is 1. The molecule has 0 bridgehead atoms. The molecule has 0 aliphatic carbocycles. The summed E-state index contributed by atoms with van der Waals surface area (Å²) < 4.78 is 0. The van der Waals surface area contributed by atoms with Crippen molar-refractivity contribution in [2.75, 3.05) is 13.1 Å². The van der Waals surface area contributed by atoms with Gasteiger partial charge in [-0.3, -0.25) is 19.2 Å². The van der Waals surface area contributed by atoms with Crippen LogP contribution >= 0.6 is 0 Å². The Bertz CT molecular complexity index is 997. The van der Waals surface area contributed by atoms with Gasteiger partial charge in [-0.25, -0.2) is 0 Å². The molecule has 2 aromatic rings. The summed E-state index contributed by atoms with van der Waals surface area (Å²) >= 11 is 0. The van der Waals surface area contributed by atoms with Crippen molar-refractivity contribution in [3.05, 3.63) is 65.7 Å². The summed E-state index contributed by atoms with van der Waals surface area (Å²) in [6.07, 6.45) is 0.428. The summed E-state index contributed by atoms with van der Waals surface area (Å²) in [5.41, 5.74) is 7.04. The normalized spacial score (nSPS) is 13.1. The van der Waals surface area contributed by atoms with Gasteiger partial charge in [-0.15, -0.1) is 0 Å². The summed E-state index contributed by atoms with van der Waals surface area (Å²) in [5, 5.41) is 20.0. The van der Waals surface area contributed by atoms with Gasteiger partial charge >= 0.3 is 0 Å². The molecule has 188 valence electrons. The highest BCUT2D eigenvalue weighted by Gasteiger charge is 2.27. The Balaban J connectivity index is 2.05. The molecule has 3 atom stereocenters. The minimum Gasteiger partial charge on any atom is -0.508 e. The van der Waals surface area contributed by atoms with Crippen LogP contribution in [0.2, 0.25) is 0 Å². The second-order valence-corrected chi connectivity index (χ2v) is 8.18. The highest BCUT2D eigenvalue weighted by atomic mass is 16.3. The van der Waals surface area contributed by atoms with E-state index < -0.39 is 35.8 Å². The van der Waals surface area contributed by atoms with Gasteiger partial charge in [-0.2, -0.15) is 0 Å². The smallest absolute Gasteiger partial charge is 0.243 e. The molecule has 10 nitrogen and oxygen atoms in total. The zero-order valence-electron chi connectivity index (χ0n) is 19.9. The molecule has 4 amide bonds. The Hall–Kier alpha value is -3.92. The van der Waals surface area contributed by atoms with Crippen molar-refractivity contribution in [3.8, 4) is 5.75 Å². The van der Waals surface area contributed by atoms with Crippen molar-refractivity contribution in [2.45, 2.75) is 44.8 Å². The molecule has 0 heterocycles. The molecular formula is C25H33N5O5. The topological polar surface area (TPSA) is 163 Å². The molecule has 35 heavy (non-hydrogen) atoms. The number of hydrogen-bond acceptors (Lipinski definition) is 6. The SMILES string of the molecule is CC(=O)N[C@@H](Cc1ccc(O)cc1)C(=O)N[C@H](C)C(=O)N[C@@H](Cc1ccccc1)C(=O)NCCN. The number of benzene rings is 2. The fourth-order valence-electron chi connectivity index (χ4n) is 3.38. The van der Waals surface area contributed by atoms with Gasteiger partial charge in [0, 0.05) is 32.9 Å². The van der Waals surface area contributed by atoms with Crippen molar-refractivity contribution in [1.29, 1.82) is 0 Å². The van der Waals surface area contributed by atoms with Crippen LogP contribution in [0.15, 0.2) is 54.6 Å². The fourth-order valence-corrected chi connectivity index (χ4v) is 3.38. The molecule has 0 aliphatic rings. The third kappa shape index (κ3) is 9.46. The molecule has 0 saturated carbocycles. The number of nitrogens with one attached hydrogen (secondary N) is 4. The largest absolute Gasteiger partial charge is 0.508 e. The lowest BCUT2D eigenvalue weighted by atomic mass is 10.0. The van der Waals surface area contributed by atoms with E-state index in [1.54, 1.807) is 12.1 Å². The van der Waals surface area contributed by atoms with E-state index in [2.05, 4.69) is 21.3 Å². The first-order valence-corrected chi connectivity index (χ1v) is 11.4. The zero-order chi connectivity index (χ0) is 25.8. The van der Waals surface area contributed by atoms with Gasteiger partial charge in [0.1, 0.15) is 23.9 Å². The van der Waals surface area contributed by atoms with Gasteiger partial charge in [0.15, 0.2) is 0 Å². The Morgan fingerprint density at radius 2 is 1.37 bits per heavy atom. The van der Waals surface area contributed by atoms with E-state index in [-0.39, 0.29) is 37.6 Å². The lowest BCUT2D eigenvalue weighted by molar-refractivity contribution is -0.133. The maximum absolute atomic E-state index is 12.9. The summed E-state index contributed by atoms with van der Waals surface area (Å²) in [6, 6.07) is 12.7. The third-order valence-corrected chi connectivity index (χ3v) is 5.18. The molecule has 0 saturated heterocycles. The standard InChI is InChI=1S/C25H33N5O5/c1-16(28-25(35)22(29-17(2)31)15-19-8-10-20(32)11-9-19)23(33)30-21(24(34)27-13-12-26)14-18-6-4-3-5-7-18/h3-11,16,21-22,32H,12-15,26H2,1-2H3,(H,27,34)(H,28,35)(H,29,31)(H,30,33)/t16-,21+,22+/m1/s1. The summed E-state index contributed by atoms with van der Waals surface area (Å²) in [4.78, 5) is 50.0. The van der Waals surface area contributed by atoms with Crippen molar-refractivity contribution in [3.63, 3.8) is 0 Å². The van der Waals surface area contributed by atoms with Gasteiger partial charge in [0.05, 0.1) is 0 Å². The summed E-state index contributed by atoms with van der Waals surface area (Å²) in [6.45, 7) is 3.31. The Morgan fingerprint density at radius 3 is 1.94 bits per heavy atom. The van der Waals surface area contributed by atoms with E-state index in [1.165, 1.54) is 26.0 Å². The highest BCUT2D eigenvalue weighted by molar-refractivity contribution is 5.94. The van der Waals surface area contributed by atoms with Gasteiger partial charge in [-0.1, -0.05) is 42.5 Å². The number of aromatic hydroxyl groups is 1. The van der Waals surface area contributed by atoms with Crippen LogP contribution in [0.3, 0.4) is 0 Å². The molecule has 2 aromatic carbocycles. The number of phenolic OH excluding ortho intramolecular Hbond substituents is 1. The minimum atomic E-state index is -0.973. The molecule has 0 aliphatic heterocycles. The van der Waals surface area contributed by atoms with Crippen LogP contribution in [0.1, 0.15) is 25.0 Å². The molecule has 0 spiro atoms. The average Bonchev–Trinajstić information content (AvgIpc) is 2.83. The van der Waals surface area contributed by atoms with Crippen LogP contribution in [0.4, 0.5) is 0 Å². The van der Waals surface area contributed by atoms with Crippen LogP contribution in [0.5, 0.6) is 5.75 Å². The zero-order valence-corrected chi connectivity index (χ0v) is 19.9. The van der Waals surface area contributed by atoms with E-state index >= 15 is 0 Å². The predicted octanol–water partition coefficient (Wildman–Crippen LogP) is -0.253. The number of nitrogens with two attached hydrogens (primary N) is 1. The van der Waals surface area contributed by atoms with Crippen molar-refractivity contribution >= 4 is 23.6 Å². The molecule has 0 fully saturated rings. The van der Waals surface area contributed by atoms with Crippen LogP contribution in [0, 0.1) is 0 Å². The van der Waals surface area contributed by atoms with Crippen molar-refractivity contribution in [2.24, 2.45) is 5.73 Å². The molecule has 10 heteroatoms. The number of carbonyl (C=O) groups excluding carboxylic acids is 4. The van der Waals surface area contributed by atoms with Gasteiger partial charge < -0.3 is 32.1 Å². The van der Waals surface area contributed by atoms with E-state index in [4.69, 9.17) is 5.73 Å². The molecule has 2 rings (SSSR count). The number of rotatable bonds is 12. The van der Waals surface area contributed by atoms with Gasteiger partial charge in [0.25, 0.3) is 0 Å². The van der Waals surface area contributed by atoms with Crippen molar-refractivity contribution < 1.29 is 24.3 Å². The summed E-state index contributed by atoms with van der Waals surface area (Å²) in [5.74, 6) is -1.80. The van der Waals surface area contributed by atoms with E-state index in [0.29, 0.717) is 5.56 Å². The quantitative estimate of drug-likeness (QED) is 0.244. The number of amides is 4. The summed E-state index contributed by atoms with van der Waals surface area (Å²) in [7, 11) is 0. The van der Waals surface area contributed by atoms with Crippen molar-refractivity contribution in [1.82, 2.24) is 21.3 Å². The molecule has 0 radical (unpaired) electrons. The van der Waals surface area contributed by atoms with Gasteiger partial charge in [0.2, 0.25) is 23.6 Å². The average molecular weight is 484 g/mol. The molecule has 0 aromatic heterocycles. The maximum atomic E-state index is 12.9. The third-order valence-electron chi connectivity index (χ3n) is 5.18. The lowest BCUT2D eigenvalue weighted by Crippen LogP contribution is -2.56. The maximum Gasteiger partial charge on any atom is 0.243 e. The van der Waals surface area contributed by atoms with E-state index in [1.807, 2.05) is 30.3 Å². The molecule has 0 unspecified atom stereocenters. The predicted molar refractivity (Wildman–Crippen MR) is 131 cm³/mol. The fraction of sp³-hybridized carbons (Fsp3) is 0.360. The van der Waals surface area contributed by atoms with Crippen LogP contribution in [0.25, 0.3) is 0 Å². The van der Waals surface area contributed by atoms with E-state index in [9.17, 15) is 24.3 Å². The second kappa shape index (κ2) is 13.7. The molecular weight excluding hydrogens is 450 g/mol.